The summed E-state index contributed by atoms with van der Waals surface area (Å²) >= 11 is 0. The zero-order chi connectivity index (χ0) is 15.7. The predicted molar refractivity (Wildman–Crippen MR) is 87.5 cm³/mol. The molecule has 3 heteroatoms. The number of benzene rings is 1. The van der Waals surface area contributed by atoms with E-state index in [1.165, 1.54) is 12.0 Å². The van der Waals surface area contributed by atoms with Crippen LogP contribution in [-0.4, -0.2) is 30.2 Å². The smallest absolute Gasteiger partial charge is 0.174 e. The van der Waals surface area contributed by atoms with Gasteiger partial charge in [-0.05, 0) is 66.7 Å². The molecule has 1 heterocycles. The van der Waals surface area contributed by atoms with E-state index < -0.39 is 0 Å². The van der Waals surface area contributed by atoms with Crippen molar-refractivity contribution in [3.05, 3.63) is 34.4 Å². The van der Waals surface area contributed by atoms with Crippen molar-refractivity contribution < 1.29 is 14.6 Å². The number of aliphatic hydroxyl groups excluding tert-OH is 1. The van der Waals surface area contributed by atoms with Crippen LogP contribution >= 0.6 is 0 Å². The molecule has 1 saturated heterocycles. The largest absolute Gasteiger partial charge is 0.393 e. The molecule has 124 valence electrons. The molecule has 0 radical (unpaired) electrons. The summed E-state index contributed by atoms with van der Waals surface area (Å²) in [6.45, 7) is 3.89. The van der Waals surface area contributed by atoms with Crippen LogP contribution in [0, 0.1) is 5.41 Å². The molecule has 1 aromatic carbocycles. The van der Waals surface area contributed by atoms with Gasteiger partial charge in [-0.1, -0.05) is 19.1 Å². The average Bonchev–Trinajstić information content (AvgIpc) is 3.14. The molecule has 1 N–H and O–H groups in total. The van der Waals surface area contributed by atoms with Crippen LogP contribution in [0.1, 0.15) is 60.8 Å². The third kappa shape index (κ3) is 1.82. The Bertz CT molecular complexity index is 647. The molecule has 3 unspecified atom stereocenters. The summed E-state index contributed by atoms with van der Waals surface area (Å²) in [5.74, 6) is 0.225. The fraction of sp³-hybridized carbons (Fsp3) is 0.700. The molecule has 3 aliphatic carbocycles. The van der Waals surface area contributed by atoms with E-state index in [1.807, 2.05) is 0 Å². The van der Waals surface area contributed by atoms with Gasteiger partial charge in [-0.15, -0.1) is 0 Å². The minimum Gasteiger partial charge on any atom is -0.393 e. The van der Waals surface area contributed by atoms with E-state index in [-0.39, 0.29) is 17.3 Å². The zero-order valence-corrected chi connectivity index (χ0v) is 13.9. The Kier molecular flexibility index (Phi) is 3.02. The number of hydrogen-bond acceptors (Lipinski definition) is 3. The fourth-order valence-corrected chi connectivity index (χ4v) is 5.93. The summed E-state index contributed by atoms with van der Waals surface area (Å²) in [5, 5.41) is 9.96. The van der Waals surface area contributed by atoms with Crippen LogP contribution in [0.4, 0.5) is 0 Å². The van der Waals surface area contributed by atoms with E-state index in [0.29, 0.717) is 5.92 Å². The summed E-state index contributed by atoms with van der Waals surface area (Å²) in [4.78, 5) is 0. The molecule has 3 nitrogen and oxygen atoms in total. The van der Waals surface area contributed by atoms with E-state index in [9.17, 15) is 5.11 Å². The summed E-state index contributed by atoms with van der Waals surface area (Å²) in [6, 6.07) is 4.63. The van der Waals surface area contributed by atoms with Crippen LogP contribution in [-0.2, 0) is 28.7 Å². The van der Waals surface area contributed by atoms with Crippen molar-refractivity contribution in [1.29, 1.82) is 0 Å². The molecule has 1 aliphatic heterocycles. The first kappa shape index (κ1) is 14.4. The molecule has 0 bridgehead atoms. The molecule has 2 fully saturated rings. The SMILES string of the molecule is CC12CCc3c(ccc4c3CCC(O)C4)C1CCC21OCCO1. The molecule has 23 heavy (non-hydrogen) atoms. The van der Waals surface area contributed by atoms with Gasteiger partial charge in [0, 0.05) is 11.8 Å². The Balaban J connectivity index is 1.59. The molecular formula is C20H26O3. The van der Waals surface area contributed by atoms with Crippen molar-refractivity contribution in [1.82, 2.24) is 0 Å². The first-order valence-corrected chi connectivity index (χ1v) is 9.22. The van der Waals surface area contributed by atoms with Gasteiger partial charge in [0.05, 0.1) is 19.3 Å². The lowest BCUT2D eigenvalue weighted by molar-refractivity contribution is -0.222. The van der Waals surface area contributed by atoms with Crippen LogP contribution < -0.4 is 0 Å². The van der Waals surface area contributed by atoms with Crippen LogP contribution in [0.3, 0.4) is 0 Å². The second kappa shape index (κ2) is 4.81. The highest BCUT2D eigenvalue weighted by molar-refractivity contribution is 5.48. The van der Waals surface area contributed by atoms with E-state index >= 15 is 0 Å². The minimum atomic E-state index is -0.332. The third-order valence-electron chi connectivity index (χ3n) is 7.17. The van der Waals surface area contributed by atoms with Crippen LogP contribution in [0.5, 0.6) is 0 Å². The van der Waals surface area contributed by atoms with Crippen LogP contribution in [0.25, 0.3) is 0 Å². The second-order valence-electron chi connectivity index (χ2n) is 8.13. The maximum atomic E-state index is 9.96. The van der Waals surface area contributed by atoms with E-state index in [4.69, 9.17) is 9.47 Å². The lowest BCUT2D eigenvalue weighted by Gasteiger charge is -2.46. The summed E-state index contributed by atoms with van der Waals surface area (Å²) < 4.78 is 12.3. The maximum Gasteiger partial charge on any atom is 0.174 e. The summed E-state index contributed by atoms with van der Waals surface area (Å²) in [7, 11) is 0. The molecular weight excluding hydrogens is 288 g/mol. The normalized spacial score (nSPS) is 37.5. The summed E-state index contributed by atoms with van der Waals surface area (Å²) in [6.07, 6.45) is 7.14. The van der Waals surface area contributed by atoms with Crippen LogP contribution in [0.15, 0.2) is 12.1 Å². The Morgan fingerprint density at radius 1 is 1.04 bits per heavy atom. The standard InChI is InChI=1S/C20H26O3/c1-19-8-6-16-15-5-3-14(21)12-13(15)2-4-17(16)18(19)7-9-20(19)22-10-11-23-20/h2,4,14,18,21H,3,5-12H2,1H3. The lowest BCUT2D eigenvalue weighted by atomic mass is 9.63. The molecule has 0 amide bonds. The second-order valence-corrected chi connectivity index (χ2v) is 8.13. The Morgan fingerprint density at radius 3 is 2.70 bits per heavy atom. The van der Waals surface area contributed by atoms with Crippen molar-refractivity contribution in [3.8, 4) is 0 Å². The molecule has 1 saturated carbocycles. The van der Waals surface area contributed by atoms with Crippen LogP contribution in [0.2, 0.25) is 0 Å². The third-order valence-corrected chi connectivity index (χ3v) is 7.17. The van der Waals surface area contributed by atoms with Crippen molar-refractivity contribution >= 4 is 0 Å². The molecule has 4 aliphatic rings. The van der Waals surface area contributed by atoms with Gasteiger partial charge < -0.3 is 14.6 Å². The van der Waals surface area contributed by atoms with Gasteiger partial charge in [-0.25, -0.2) is 0 Å². The highest BCUT2D eigenvalue weighted by atomic mass is 16.7. The Morgan fingerprint density at radius 2 is 1.87 bits per heavy atom. The molecule has 5 rings (SSSR count). The molecule has 0 aromatic heterocycles. The quantitative estimate of drug-likeness (QED) is 0.800. The highest BCUT2D eigenvalue weighted by Gasteiger charge is 2.62. The number of fused-ring (bicyclic) bond motifs is 6. The highest BCUT2D eigenvalue weighted by Crippen LogP contribution is 2.63. The van der Waals surface area contributed by atoms with Gasteiger partial charge in [0.15, 0.2) is 5.79 Å². The van der Waals surface area contributed by atoms with Crippen molar-refractivity contribution in [2.75, 3.05) is 13.2 Å². The van der Waals surface area contributed by atoms with Gasteiger partial charge in [0.1, 0.15) is 0 Å². The van der Waals surface area contributed by atoms with Gasteiger partial charge in [-0.3, -0.25) is 0 Å². The Hall–Kier alpha value is -0.900. The fourth-order valence-electron chi connectivity index (χ4n) is 5.93. The molecule has 1 aromatic rings. The predicted octanol–water partition coefficient (Wildman–Crippen LogP) is 3.11. The first-order valence-electron chi connectivity index (χ1n) is 9.22. The number of ether oxygens (including phenoxy) is 2. The minimum absolute atomic E-state index is 0.110. The Labute approximate surface area is 138 Å². The van der Waals surface area contributed by atoms with Gasteiger partial charge in [0.25, 0.3) is 0 Å². The number of hydrogen-bond donors (Lipinski definition) is 1. The van der Waals surface area contributed by atoms with Gasteiger partial charge >= 0.3 is 0 Å². The topological polar surface area (TPSA) is 38.7 Å². The van der Waals surface area contributed by atoms with E-state index in [1.54, 1.807) is 16.7 Å². The average molecular weight is 314 g/mol. The van der Waals surface area contributed by atoms with E-state index in [0.717, 1.165) is 51.7 Å². The summed E-state index contributed by atoms with van der Waals surface area (Å²) in [5.41, 5.74) is 6.17. The van der Waals surface area contributed by atoms with Crippen molar-refractivity contribution in [2.24, 2.45) is 5.41 Å². The molecule has 1 spiro atoms. The monoisotopic (exact) mass is 314 g/mol. The number of rotatable bonds is 0. The number of aliphatic hydroxyl groups is 1. The maximum absolute atomic E-state index is 9.96. The van der Waals surface area contributed by atoms with Gasteiger partial charge in [0.2, 0.25) is 0 Å². The lowest BCUT2D eigenvalue weighted by Crippen LogP contribution is -2.47. The molecule has 3 atom stereocenters. The van der Waals surface area contributed by atoms with E-state index in [2.05, 4.69) is 19.1 Å². The zero-order valence-electron chi connectivity index (χ0n) is 13.9. The van der Waals surface area contributed by atoms with Gasteiger partial charge in [-0.2, -0.15) is 0 Å². The van der Waals surface area contributed by atoms with Crippen molar-refractivity contribution in [3.63, 3.8) is 0 Å². The first-order chi connectivity index (χ1) is 11.1. The van der Waals surface area contributed by atoms with Crippen molar-refractivity contribution in [2.45, 2.75) is 69.7 Å².